The lowest BCUT2D eigenvalue weighted by atomic mass is 10.1. The number of unbranched alkanes of at least 4 members (excludes halogenated alkanes) is 24. The van der Waals surface area contributed by atoms with E-state index < -0.39 is 97.5 Å². The number of hydrogen-bond donors (Lipinski definition) is 3. The summed E-state index contributed by atoms with van der Waals surface area (Å²) < 4.78 is 68.3. The van der Waals surface area contributed by atoms with Crippen molar-refractivity contribution in [2.45, 2.75) is 316 Å². The minimum absolute atomic E-state index is 0.0361. The third-order valence-corrected chi connectivity index (χ3v) is 17.3. The van der Waals surface area contributed by atoms with E-state index in [-0.39, 0.29) is 25.7 Å². The van der Waals surface area contributed by atoms with Crippen LogP contribution in [0.5, 0.6) is 0 Å². The molecule has 0 aromatic carbocycles. The SMILES string of the molecule is CC/C=C\C/C=C\C/C=C\C/C=C\C/C=C\C/C=C\CCC(=O)OCC(COP(=O)(O)OCC(O)COP(=O)(O)OCC(COC(=O)CCCCCCCCC/C=C\C/C=C\C/C=C\CC)OC(=O)CCCCCCC/C=C\CCCC)OC(=O)CCCCCCCCCCCCC. The van der Waals surface area contributed by atoms with Crippen molar-refractivity contribution in [2.24, 2.45) is 0 Å². The Bertz CT molecular complexity index is 2340. The van der Waals surface area contributed by atoms with Crippen LogP contribution in [0.2, 0.25) is 0 Å². The van der Waals surface area contributed by atoms with Crippen molar-refractivity contribution in [2.75, 3.05) is 39.6 Å². The average Bonchev–Trinajstić information content (AvgIpc) is 1.03. The first kappa shape index (κ1) is 93.5. The quantitative estimate of drug-likeness (QED) is 0.0169. The van der Waals surface area contributed by atoms with Gasteiger partial charge in [-0.05, 0) is 116 Å². The van der Waals surface area contributed by atoms with E-state index in [1.54, 1.807) is 0 Å². The highest BCUT2D eigenvalue weighted by molar-refractivity contribution is 7.47. The highest BCUT2D eigenvalue weighted by Crippen LogP contribution is 2.45. The van der Waals surface area contributed by atoms with Gasteiger partial charge in [0.15, 0.2) is 12.2 Å². The molecule has 0 aromatic rings. The van der Waals surface area contributed by atoms with Crippen LogP contribution in [0, 0.1) is 0 Å². The van der Waals surface area contributed by atoms with Crippen LogP contribution in [-0.4, -0.2) is 96.7 Å². The molecule has 0 saturated heterocycles. The molecule has 3 N–H and O–H groups in total. The van der Waals surface area contributed by atoms with Gasteiger partial charge >= 0.3 is 39.5 Å². The van der Waals surface area contributed by atoms with E-state index in [0.717, 1.165) is 161 Å². The molecule has 0 radical (unpaired) electrons. The number of phosphoric acid groups is 2. The van der Waals surface area contributed by atoms with E-state index >= 15 is 0 Å². The van der Waals surface area contributed by atoms with Crippen molar-refractivity contribution in [3.8, 4) is 0 Å². The summed E-state index contributed by atoms with van der Waals surface area (Å²) in [6.07, 6.45) is 76.5. The van der Waals surface area contributed by atoms with Crippen molar-refractivity contribution in [3.05, 3.63) is 122 Å². The summed E-state index contributed by atoms with van der Waals surface area (Å²) in [6, 6.07) is 0. The molecule has 19 heteroatoms. The summed E-state index contributed by atoms with van der Waals surface area (Å²) >= 11 is 0. The van der Waals surface area contributed by atoms with E-state index in [9.17, 15) is 43.2 Å². The second-order valence-electron chi connectivity index (χ2n) is 24.8. The number of carbonyl (C=O) groups is 4. The number of allylic oxidation sites excluding steroid dienone is 20. The largest absolute Gasteiger partial charge is 0.472 e. The van der Waals surface area contributed by atoms with Crippen molar-refractivity contribution >= 4 is 39.5 Å². The summed E-state index contributed by atoms with van der Waals surface area (Å²) in [5, 5.41) is 10.6. The molecule has 0 aromatic heterocycles. The molecule has 0 aliphatic heterocycles. The summed E-state index contributed by atoms with van der Waals surface area (Å²) in [7, 11) is -9.97. The lowest BCUT2D eigenvalue weighted by Gasteiger charge is -2.21. The van der Waals surface area contributed by atoms with Crippen LogP contribution in [-0.2, 0) is 65.4 Å². The number of phosphoric ester groups is 2. The van der Waals surface area contributed by atoms with Gasteiger partial charge in [0.25, 0.3) is 0 Å². The van der Waals surface area contributed by atoms with Gasteiger partial charge in [0.1, 0.15) is 19.3 Å². The number of rotatable bonds is 70. The summed E-state index contributed by atoms with van der Waals surface area (Å²) in [4.78, 5) is 72.7. The molecule has 98 heavy (non-hydrogen) atoms. The number of aliphatic hydroxyl groups excluding tert-OH is 1. The molecule has 0 aliphatic rings. The second-order valence-corrected chi connectivity index (χ2v) is 27.7. The van der Waals surface area contributed by atoms with Gasteiger partial charge in [0.2, 0.25) is 0 Å². The second kappa shape index (κ2) is 70.9. The van der Waals surface area contributed by atoms with Gasteiger partial charge in [-0.2, -0.15) is 0 Å². The molecule has 0 saturated carbocycles. The molecule has 0 fully saturated rings. The van der Waals surface area contributed by atoms with Crippen LogP contribution >= 0.6 is 15.6 Å². The zero-order chi connectivity index (χ0) is 71.8. The Hall–Kier alpha value is -4.54. The maximum atomic E-state index is 13.0. The van der Waals surface area contributed by atoms with Gasteiger partial charge in [0, 0.05) is 25.7 Å². The number of aliphatic hydroxyl groups is 1. The third kappa shape index (κ3) is 69.9. The predicted molar refractivity (Wildman–Crippen MR) is 399 cm³/mol. The lowest BCUT2D eigenvalue weighted by molar-refractivity contribution is -0.161. The minimum Gasteiger partial charge on any atom is -0.462 e. The third-order valence-electron chi connectivity index (χ3n) is 15.4. The molecule has 0 rings (SSSR count). The Morgan fingerprint density at radius 2 is 0.561 bits per heavy atom. The van der Waals surface area contributed by atoms with Crippen LogP contribution in [0.4, 0.5) is 0 Å². The Morgan fingerprint density at radius 1 is 0.296 bits per heavy atom. The summed E-state index contributed by atoms with van der Waals surface area (Å²) in [5.74, 6) is -2.29. The Labute approximate surface area is 593 Å². The van der Waals surface area contributed by atoms with Crippen LogP contribution in [0.1, 0.15) is 297 Å². The molecule has 0 bridgehead atoms. The molecule has 5 atom stereocenters. The minimum atomic E-state index is -4.99. The van der Waals surface area contributed by atoms with E-state index in [0.29, 0.717) is 32.1 Å². The fourth-order valence-corrected chi connectivity index (χ4v) is 11.3. The summed E-state index contributed by atoms with van der Waals surface area (Å²) in [6.45, 7) is 4.49. The Kier molecular flexibility index (Phi) is 67.6. The van der Waals surface area contributed by atoms with E-state index in [1.165, 1.54) is 51.4 Å². The maximum absolute atomic E-state index is 13.0. The fourth-order valence-electron chi connectivity index (χ4n) is 9.71. The number of hydrogen-bond acceptors (Lipinski definition) is 15. The van der Waals surface area contributed by atoms with Gasteiger partial charge in [-0.25, -0.2) is 9.13 Å². The van der Waals surface area contributed by atoms with E-state index in [4.69, 9.17) is 37.0 Å². The average molecular weight is 1420 g/mol. The normalized spacial score (nSPS) is 14.6. The van der Waals surface area contributed by atoms with Crippen molar-refractivity contribution in [1.29, 1.82) is 0 Å². The van der Waals surface area contributed by atoms with Gasteiger partial charge in [-0.15, -0.1) is 0 Å². The molecule has 5 unspecified atom stereocenters. The van der Waals surface area contributed by atoms with Crippen LogP contribution in [0.25, 0.3) is 0 Å². The highest BCUT2D eigenvalue weighted by atomic mass is 31.2. The van der Waals surface area contributed by atoms with E-state index in [2.05, 4.69) is 131 Å². The molecular weight excluding hydrogens is 1280 g/mol. The highest BCUT2D eigenvalue weighted by Gasteiger charge is 2.30. The standard InChI is InChI=1S/C79H134O17P2/c1-5-9-13-17-21-25-29-31-33-35-36-38-40-42-46-48-52-56-60-64-77(82)90-70-75(96-79(84)66-62-58-54-50-44-28-24-20-16-12-8-4)72-94-98(87,88)92-68-73(80)67-91-97(85,86)93-71-74(95-78(83)65-61-57-53-49-43-27-23-19-15-11-7-3)69-89-76(81)63-59-55-51-47-45-41-39-37-34-32-30-26-22-18-14-10-6-2/h9-10,13-14,19,21-23,25-26,31-34,36,38,42,46,52,56,73-75,80H,5-8,11-12,15-18,20,24,27-30,35,37,39-41,43-45,47-51,53-55,57-72H2,1-4H3,(H,85,86)(H,87,88)/b13-9-,14-10-,23-19-,25-21-,26-22-,33-31-,34-32-,38-36-,46-42-,56-52-. The van der Waals surface area contributed by atoms with Crippen LogP contribution in [0.15, 0.2) is 122 Å². The van der Waals surface area contributed by atoms with Crippen molar-refractivity contribution in [1.82, 2.24) is 0 Å². The first-order valence-corrected chi connectivity index (χ1v) is 40.8. The molecule has 562 valence electrons. The van der Waals surface area contributed by atoms with Crippen LogP contribution in [0.3, 0.4) is 0 Å². The topological polar surface area (TPSA) is 237 Å². The lowest BCUT2D eigenvalue weighted by Crippen LogP contribution is -2.30. The van der Waals surface area contributed by atoms with E-state index in [1.807, 2.05) is 18.2 Å². The first-order chi connectivity index (χ1) is 47.7. The Morgan fingerprint density at radius 3 is 0.918 bits per heavy atom. The number of esters is 4. The van der Waals surface area contributed by atoms with Crippen molar-refractivity contribution in [3.63, 3.8) is 0 Å². The molecule has 0 spiro atoms. The van der Waals surface area contributed by atoms with Crippen LogP contribution < -0.4 is 0 Å². The molecular formula is C79H134O17P2. The van der Waals surface area contributed by atoms with Crippen molar-refractivity contribution < 1.29 is 80.2 Å². The van der Waals surface area contributed by atoms with Gasteiger partial charge in [0.05, 0.1) is 26.4 Å². The first-order valence-electron chi connectivity index (χ1n) is 37.8. The molecule has 0 aliphatic carbocycles. The van der Waals surface area contributed by atoms with Gasteiger partial charge in [-0.1, -0.05) is 278 Å². The summed E-state index contributed by atoms with van der Waals surface area (Å²) in [5.41, 5.74) is 0. The maximum Gasteiger partial charge on any atom is 0.472 e. The molecule has 0 amide bonds. The van der Waals surface area contributed by atoms with Gasteiger partial charge in [-0.3, -0.25) is 37.3 Å². The zero-order valence-corrected chi connectivity index (χ0v) is 63.0. The number of carbonyl (C=O) groups excluding carboxylic acids is 4. The Balaban J connectivity index is 5.34. The number of ether oxygens (including phenoxy) is 4. The molecule has 0 heterocycles. The monoisotopic (exact) mass is 1420 g/mol. The van der Waals surface area contributed by atoms with Gasteiger partial charge < -0.3 is 33.8 Å². The smallest absolute Gasteiger partial charge is 0.462 e. The zero-order valence-electron chi connectivity index (χ0n) is 61.2. The predicted octanol–water partition coefficient (Wildman–Crippen LogP) is 21.6. The fraction of sp³-hybridized carbons (Fsp3) is 0.696. The molecule has 17 nitrogen and oxygen atoms in total.